The van der Waals surface area contributed by atoms with Gasteiger partial charge >= 0.3 is 0 Å². The Labute approximate surface area is 109 Å². The molecule has 0 fully saturated rings. The Morgan fingerprint density at radius 1 is 1.32 bits per heavy atom. The second-order valence-electron chi connectivity index (χ2n) is 3.77. The van der Waals surface area contributed by atoms with Crippen LogP contribution in [0, 0.1) is 0 Å². The lowest BCUT2D eigenvalue weighted by Gasteiger charge is -2.06. The van der Waals surface area contributed by atoms with Crippen LogP contribution in [0.4, 0.5) is 0 Å². The molecule has 1 aromatic heterocycles. The number of carbonyl (C=O) groups excluding carboxylic acids is 1. The van der Waals surface area contributed by atoms with Crippen LogP contribution in [0.3, 0.4) is 0 Å². The average Bonchev–Trinajstić information content (AvgIpc) is 2.92. The minimum Gasteiger partial charge on any atom is -0.326 e. The minimum absolute atomic E-state index is 0.00143. The molecule has 2 rings (SSSR count). The van der Waals surface area contributed by atoms with E-state index in [1.807, 2.05) is 4.72 Å². The van der Waals surface area contributed by atoms with E-state index in [0.717, 1.165) is 5.56 Å². The quantitative estimate of drug-likeness (QED) is 0.727. The molecular formula is C11H12N4O3S. The number of aromatic nitrogens is 2. The number of sulfonamides is 1. The zero-order valence-electron chi connectivity index (χ0n) is 9.83. The topological polar surface area (TPSA) is 118 Å². The van der Waals surface area contributed by atoms with E-state index in [1.165, 1.54) is 24.5 Å². The molecule has 100 valence electrons. The van der Waals surface area contributed by atoms with Crippen LogP contribution in [-0.4, -0.2) is 24.5 Å². The third-order valence-electron chi connectivity index (χ3n) is 2.46. The Kier molecular flexibility index (Phi) is 3.63. The zero-order valence-corrected chi connectivity index (χ0v) is 10.6. The van der Waals surface area contributed by atoms with Crippen LogP contribution in [0.2, 0.25) is 0 Å². The van der Waals surface area contributed by atoms with Gasteiger partial charge in [0, 0.05) is 12.7 Å². The summed E-state index contributed by atoms with van der Waals surface area (Å²) in [5.41, 5.74) is 6.37. The maximum absolute atomic E-state index is 11.9. The molecule has 0 saturated carbocycles. The van der Waals surface area contributed by atoms with Crippen LogP contribution < -0.4 is 10.5 Å². The number of benzene rings is 1. The van der Waals surface area contributed by atoms with Gasteiger partial charge in [0.15, 0.2) is 0 Å². The largest absolute Gasteiger partial charge is 0.326 e. The van der Waals surface area contributed by atoms with E-state index < -0.39 is 15.9 Å². The Balaban J connectivity index is 2.20. The van der Waals surface area contributed by atoms with Gasteiger partial charge in [0.05, 0.1) is 16.7 Å². The highest BCUT2D eigenvalue weighted by Crippen LogP contribution is 2.10. The van der Waals surface area contributed by atoms with Crippen LogP contribution in [0.5, 0.6) is 0 Å². The van der Waals surface area contributed by atoms with Crippen molar-refractivity contribution in [1.82, 2.24) is 14.9 Å². The predicted octanol–water partition coefficient (Wildman–Crippen LogP) is -0.0129. The fourth-order valence-corrected chi connectivity index (χ4v) is 2.39. The summed E-state index contributed by atoms with van der Waals surface area (Å²) >= 11 is 0. The number of rotatable bonds is 4. The Bertz CT molecular complexity index is 662. The van der Waals surface area contributed by atoms with E-state index in [0.29, 0.717) is 6.54 Å². The van der Waals surface area contributed by atoms with Crippen molar-refractivity contribution in [3.63, 3.8) is 0 Å². The number of carbonyl (C=O) groups is 1. The molecule has 0 aliphatic heterocycles. The molecule has 7 nitrogen and oxygen atoms in total. The molecule has 0 aliphatic rings. The van der Waals surface area contributed by atoms with Crippen LogP contribution >= 0.6 is 0 Å². The summed E-state index contributed by atoms with van der Waals surface area (Å²) in [5.74, 6) is -0.739. The molecule has 1 aromatic carbocycles. The Morgan fingerprint density at radius 2 is 2.00 bits per heavy atom. The van der Waals surface area contributed by atoms with Gasteiger partial charge in [-0.15, -0.1) is 0 Å². The first-order chi connectivity index (χ1) is 9.03. The summed E-state index contributed by atoms with van der Waals surface area (Å²) in [6.45, 7) is 0.321. The fraction of sp³-hybridized carbons (Fsp3) is 0.0909. The van der Waals surface area contributed by atoms with Crippen LogP contribution in [0.15, 0.2) is 41.6 Å². The van der Waals surface area contributed by atoms with Crippen molar-refractivity contribution in [3.8, 4) is 0 Å². The van der Waals surface area contributed by atoms with E-state index >= 15 is 0 Å². The molecule has 0 radical (unpaired) electrons. The van der Waals surface area contributed by atoms with E-state index in [9.17, 15) is 13.2 Å². The standard InChI is InChI=1S/C11H12N4O3S/c12-5-8-1-3-10(4-2-8)19(17,18)15-11(16)9-6-13-14-7-9/h1-4,6-7H,5,12H2,(H,13,14)(H,15,16). The molecule has 0 bridgehead atoms. The lowest BCUT2D eigenvalue weighted by Crippen LogP contribution is -2.30. The van der Waals surface area contributed by atoms with E-state index in [-0.39, 0.29) is 10.5 Å². The number of hydrogen-bond acceptors (Lipinski definition) is 5. The van der Waals surface area contributed by atoms with E-state index in [1.54, 1.807) is 12.1 Å². The number of nitrogens with zero attached hydrogens (tertiary/aromatic N) is 1. The number of aromatic amines is 1. The van der Waals surface area contributed by atoms with Gasteiger partial charge < -0.3 is 5.73 Å². The maximum atomic E-state index is 11.9. The summed E-state index contributed by atoms with van der Waals surface area (Å²) in [6.07, 6.45) is 2.55. The summed E-state index contributed by atoms with van der Waals surface area (Å²) in [4.78, 5) is 11.6. The monoisotopic (exact) mass is 280 g/mol. The van der Waals surface area contributed by atoms with Crippen molar-refractivity contribution in [3.05, 3.63) is 47.8 Å². The lowest BCUT2D eigenvalue weighted by atomic mass is 10.2. The van der Waals surface area contributed by atoms with Crippen molar-refractivity contribution < 1.29 is 13.2 Å². The van der Waals surface area contributed by atoms with Crippen molar-refractivity contribution in [2.24, 2.45) is 5.73 Å². The summed E-state index contributed by atoms with van der Waals surface area (Å²) in [5, 5.41) is 6.01. The minimum atomic E-state index is -3.89. The molecule has 1 amide bonds. The maximum Gasteiger partial charge on any atom is 0.268 e. The van der Waals surface area contributed by atoms with Gasteiger partial charge in [-0.25, -0.2) is 13.1 Å². The normalized spacial score (nSPS) is 11.2. The van der Waals surface area contributed by atoms with E-state index in [2.05, 4.69) is 10.2 Å². The van der Waals surface area contributed by atoms with E-state index in [4.69, 9.17) is 5.73 Å². The van der Waals surface area contributed by atoms with Crippen molar-refractivity contribution in [2.75, 3.05) is 0 Å². The third kappa shape index (κ3) is 2.98. The van der Waals surface area contributed by atoms with Gasteiger partial charge in [-0.3, -0.25) is 9.89 Å². The number of hydrogen-bond donors (Lipinski definition) is 3. The molecule has 8 heteroatoms. The Morgan fingerprint density at radius 3 is 2.53 bits per heavy atom. The molecule has 0 saturated heterocycles. The molecule has 0 unspecified atom stereocenters. The van der Waals surface area contributed by atoms with Crippen molar-refractivity contribution >= 4 is 15.9 Å². The molecule has 4 N–H and O–H groups in total. The molecule has 0 spiro atoms. The van der Waals surface area contributed by atoms with Gasteiger partial charge in [0.1, 0.15) is 0 Å². The summed E-state index contributed by atoms with van der Waals surface area (Å²) < 4.78 is 25.8. The molecular weight excluding hydrogens is 268 g/mol. The molecule has 0 aliphatic carbocycles. The van der Waals surface area contributed by atoms with Crippen LogP contribution in [0.25, 0.3) is 0 Å². The van der Waals surface area contributed by atoms with Crippen LogP contribution in [-0.2, 0) is 16.6 Å². The van der Waals surface area contributed by atoms with Crippen molar-refractivity contribution in [2.45, 2.75) is 11.4 Å². The Hall–Kier alpha value is -2.19. The van der Waals surface area contributed by atoms with Gasteiger partial charge in [-0.2, -0.15) is 5.10 Å². The number of amides is 1. The van der Waals surface area contributed by atoms with Gasteiger partial charge in [-0.1, -0.05) is 12.1 Å². The van der Waals surface area contributed by atoms with Gasteiger partial charge in [0.2, 0.25) is 0 Å². The molecule has 1 heterocycles. The molecule has 19 heavy (non-hydrogen) atoms. The second-order valence-corrected chi connectivity index (χ2v) is 5.45. The third-order valence-corrected chi connectivity index (χ3v) is 3.80. The highest BCUT2D eigenvalue weighted by molar-refractivity contribution is 7.90. The van der Waals surface area contributed by atoms with Gasteiger partial charge in [-0.05, 0) is 17.7 Å². The average molecular weight is 280 g/mol. The second kappa shape index (κ2) is 5.21. The first-order valence-electron chi connectivity index (χ1n) is 5.38. The summed E-state index contributed by atoms with van der Waals surface area (Å²) in [6, 6.07) is 5.98. The lowest BCUT2D eigenvalue weighted by molar-refractivity contribution is 0.0981. The first-order valence-corrected chi connectivity index (χ1v) is 6.86. The summed E-state index contributed by atoms with van der Waals surface area (Å²) in [7, 11) is -3.89. The first kappa shape index (κ1) is 13.2. The number of nitrogens with one attached hydrogen (secondary N) is 2. The number of H-pyrrole nitrogens is 1. The smallest absolute Gasteiger partial charge is 0.268 e. The van der Waals surface area contributed by atoms with Gasteiger partial charge in [0.25, 0.3) is 15.9 Å². The highest BCUT2D eigenvalue weighted by Gasteiger charge is 2.18. The number of nitrogens with two attached hydrogens (primary N) is 1. The van der Waals surface area contributed by atoms with Crippen LogP contribution in [0.1, 0.15) is 15.9 Å². The predicted molar refractivity (Wildman–Crippen MR) is 67.6 cm³/mol. The zero-order chi connectivity index (χ0) is 13.9. The molecule has 0 atom stereocenters. The molecule has 2 aromatic rings. The van der Waals surface area contributed by atoms with Crippen molar-refractivity contribution in [1.29, 1.82) is 0 Å². The SMILES string of the molecule is NCc1ccc(S(=O)(=O)NC(=O)c2cn[nH]c2)cc1. The fourth-order valence-electron chi connectivity index (χ4n) is 1.42. The highest BCUT2D eigenvalue weighted by atomic mass is 32.2.